The summed E-state index contributed by atoms with van der Waals surface area (Å²) in [6, 6.07) is 16.3. The summed E-state index contributed by atoms with van der Waals surface area (Å²) in [5.74, 6) is -0.143. The van der Waals surface area contributed by atoms with E-state index in [9.17, 15) is 24.0 Å². The third kappa shape index (κ3) is 7.08. The van der Waals surface area contributed by atoms with Gasteiger partial charge in [0.1, 0.15) is 12.3 Å². The lowest BCUT2D eigenvalue weighted by atomic mass is 10.2. The van der Waals surface area contributed by atoms with Gasteiger partial charge in [-0.25, -0.2) is 4.79 Å². The SMILES string of the molecule is COc1ccc(NC(=O)CN2C(=O)SC(=Cc3ccc(Oc4nc5c(c(=O)n(C)c(=O)n5C)n4Cc4ccc(Cl)cc4Cl)c(OC)c3)C2=O)cc1. The fraction of sp³-hybridized carbons (Fsp3) is 0.176. The average molecular weight is 752 g/mol. The molecule has 3 heterocycles. The molecule has 1 aliphatic heterocycles. The molecule has 3 amide bonds. The number of hydrogen-bond donors (Lipinski definition) is 1. The molecule has 0 bridgehead atoms. The maximum Gasteiger partial charge on any atom is 0.332 e. The van der Waals surface area contributed by atoms with E-state index in [2.05, 4.69) is 10.3 Å². The number of methoxy groups -OCH3 is 2. The summed E-state index contributed by atoms with van der Waals surface area (Å²) in [7, 11) is 5.79. The fourth-order valence-electron chi connectivity index (χ4n) is 5.23. The molecule has 17 heteroatoms. The van der Waals surface area contributed by atoms with Gasteiger partial charge in [0.05, 0.1) is 25.7 Å². The zero-order valence-electron chi connectivity index (χ0n) is 27.4. The number of fused-ring (bicyclic) bond motifs is 1. The van der Waals surface area contributed by atoms with Gasteiger partial charge >= 0.3 is 11.7 Å². The first-order valence-corrected chi connectivity index (χ1v) is 16.6. The van der Waals surface area contributed by atoms with Gasteiger partial charge < -0.3 is 19.5 Å². The van der Waals surface area contributed by atoms with Crippen LogP contribution in [-0.2, 0) is 30.2 Å². The number of ether oxygens (including phenoxy) is 3. The third-order valence-corrected chi connectivity index (χ3v) is 9.39. The van der Waals surface area contributed by atoms with Gasteiger partial charge in [-0.15, -0.1) is 0 Å². The molecule has 3 aromatic carbocycles. The van der Waals surface area contributed by atoms with Crippen molar-refractivity contribution in [2.75, 3.05) is 26.1 Å². The number of rotatable bonds is 10. The van der Waals surface area contributed by atoms with E-state index in [1.54, 1.807) is 60.7 Å². The number of nitrogens with zero attached hydrogens (tertiary/aromatic N) is 5. The van der Waals surface area contributed by atoms with Crippen LogP contribution in [0.5, 0.6) is 23.3 Å². The maximum atomic E-state index is 13.4. The Bertz CT molecular complexity index is 2390. The zero-order valence-corrected chi connectivity index (χ0v) is 29.8. The Labute approximate surface area is 303 Å². The van der Waals surface area contributed by atoms with Gasteiger partial charge in [-0.3, -0.25) is 37.8 Å². The van der Waals surface area contributed by atoms with Gasteiger partial charge in [0.25, 0.3) is 16.7 Å². The van der Waals surface area contributed by atoms with E-state index >= 15 is 0 Å². The second-order valence-electron chi connectivity index (χ2n) is 11.2. The fourth-order valence-corrected chi connectivity index (χ4v) is 6.54. The second-order valence-corrected chi connectivity index (χ2v) is 13.0. The number of amides is 3. The van der Waals surface area contributed by atoms with Crippen LogP contribution in [0.25, 0.3) is 17.2 Å². The molecule has 1 fully saturated rings. The topological polar surface area (TPSA) is 156 Å². The number of carbonyl (C=O) groups is 3. The molecule has 6 rings (SSSR count). The molecule has 262 valence electrons. The van der Waals surface area contributed by atoms with E-state index in [1.807, 2.05) is 0 Å². The number of imide groups is 1. The van der Waals surface area contributed by atoms with Gasteiger partial charge in [-0.05, 0) is 77.5 Å². The summed E-state index contributed by atoms with van der Waals surface area (Å²) in [5, 5.41) is 2.84. The van der Waals surface area contributed by atoms with Crippen LogP contribution >= 0.6 is 35.0 Å². The normalized spacial score (nSPS) is 13.7. The van der Waals surface area contributed by atoms with Gasteiger partial charge in [0.2, 0.25) is 5.91 Å². The van der Waals surface area contributed by atoms with Gasteiger partial charge in [-0.1, -0.05) is 35.3 Å². The molecule has 1 saturated heterocycles. The molecule has 1 aliphatic rings. The number of imidazole rings is 1. The Kier molecular flexibility index (Phi) is 9.96. The van der Waals surface area contributed by atoms with Gasteiger partial charge in [0, 0.05) is 29.8 Å². The van der Waals surface area contributed by atoms with E-state index in [-0.39, 0.29) is 40.1 Å². The van der Waals surface area contributed by atoms with Crippen molar-refractivity contribution in [2.24, 2.45) is 14.1 Å². The molecule has 51 heavy (non-hydrogen) atoms. The molecular weight excluding hydrogens is 723 g/mol. The number of nitrogens with one attached hydrogen (secondary N) is 1. The predicted octanol–water partition coefficient (Wildman–Crippen LogP) is 5.27. The summed E-state index contributed by atoms with van der Waals surface area (Å²) in [6.07, 6.45) is 1.50. The van der Waals surface area contributed by atoms with Crippen molar-refractivity contribution in [3.05, 3.63) is 108 Å². The van der Waals surface area contributed by atoms with Crippen molar-refractivity contribution in [1.82, 2.24) is 23.6 Å². The molecule has 0 spiro atoms. The largest absolute Gasteiger partial charge is 0.497 e. The van der Waals surface area contributed by atoms with E-state index in [0.29, 0.717) is 44.4 Å². The Morgan fingerprint density at radius 2 is 1.67 bits per heavy atom. The highest BCUT2D eigenvalue weighted by Gasteiger charge is 2.36. The predicted molar refractivity (Wildman–Crippen MR) is 193 cm³/mol. The number of benzene rings is 3. The molecule has 0 aliphatic carbocycles. The molecule has 1 N–H and O–H groups in total. The quantitative estimate of drug-likeness (QED) is 0.187. The number of hydrogen-bond acceptors (Lipinski definition) is 10. The third-order valence-electron chi connectivity index (χ3n) is 7.89. The van der Waals surface area contributed by atoms with Gasteiger partial charge in [-0.2, -0.15) is 4.98 Å². The number of halogens is 2. The highest BCUT2D eigenvalue weighted by Crippen LogP contribution is 2.37. The van der Waals surface area contributed by atoms with Crippen LogP contribution in [0.3, 0.4) is 0 Å². The smallest absolute Gasteiger partial charge is 0.332 e. The molecule has 2 aromatic heterocycles. The average Bonchev–Trinajstić information content (AvgIpc) is 3.59. The first-order valence-electron chi connectivity index (χ1n) is 15.0. The highest BCUT2D eigenvalue weighted by molar-refractivity contribution is 8.18. The standard InChI is InChI=1S/C34H28Cl2N6O8S/c1-39-29-28(31(45)40(2)33(39)46)41(16-19-6-7-20(35)15-23(19)36)32(38-29)50-24-12-5-18(13-25(24)49-4)14-26-30(44)42(34(47)51-26)17-27(43)37-21-8-10-22(48-3)11-9-21/h5-15H,16-17H2,1-4H3,(H,37,43). The minimum absolute atomic E-state index is 0.0330. The van der Waals surface area contributed by atoms with Crippen LogP contribution in [0.1, 0.15) is 11.1 Å². The molecule has 0 radical (unpaired) electrons. The first-order chi connectivity index (χ1) is 24.4. The van der Waals surface area contributed by atoms with Crippen molar-refractivity contribution < 1.29 is 28.6 Å². The Balaban J connectivity index is 1.27. The molecule has 0 atom stereocenters. The number of carbonyl (C=O) groups excluding carboxylic acids is 3. The lowest BCUT2D eigenvalue weighted by Gasteiger charge is -2.14. The number of thioether (sulfide) groups is 1. The number of anilines is 1. The van der Waals surface area contributed by atoms with Crippen LogP contribution in [0, 0.1) is 0 Å². The van der Waals surface area contributed by atoms with Gasteiger partial charge in [0.15, 0.2) is 22.7 Å². The Morgan fingerprint density at radius 1 is 0.922 bits per heavy atom. The number of aryl methyl sites for hydroxylation is 1. The lowest BCUT2D eigenvalue weighted by molar-refractivity contribution is -0.127. The van der Waals surface area contributed by atoms with Crippen molar-refractivity contribution in [2.45, 2.75) is 6.54 Å². The monoisotopic (exact) mass is 750 g/mol. The molecular formula is C34H28Cl2N6O8S. The van der Waals surface area contributed by atoms with Crippen LogP contribution in [-0.4, -0.2) is 61.4 Å². The van der Waals surface area contributed by atoms with Crippen molar-refractivity contribution in [1.29, 1.82) is 0 Å². The molecule has 0 unspecified atom stereocenters. The van der Waals surface area contributed by atoms with Crippen molar-refractivity contribution >= 4 is 74.9 Å². The van der Waals surface area contributed by atoms with E-state index < -0.39 is 34.8 Å². The number of aromatic nitrogens is 4. The second kappa shape index (κ2) is 14.4. The minimum atomic E-state index is -0.629. The zero-order chi connectivity index (χ0) is 36.6. The van der Waals surface area contributed by atoms with Crippen LogP contribution in [0.15, 0.2) is 75.2 Å². The molecule has 14 nitrogen and oxygen atoms in total. The van der Waals surface area contributed by atoms with Crippen LogP contribution in [0.2, 0.25) is 10.0 Å². The lowest BCUT2D eigenvalue weighted by Crippen LogP contribution is -2.37. The summed E-state index contributed by atoms with van der Waals surface area (Å²) in [5.41, 5.74) is 0.610. The molecule has 0 saturated carbocycles. The Hall–Kier alpha value is -5.51. The Morgan fingerprint density at radius 3 is 2.35 bits per heavy atom. The van der Waals surface area contributed by atoms with E-state index in [0.717, 1.165) is 9.47 Å². The van der Waals surface area contributed by atoms with Crippen LogP contribution < -0.4 is 30.8 Å². The highest BCUT2D eigenvalue weighted by atomic mass is 35.5. The molecule has 5 aromatic rings. The summed E-state index contributed by atoms with van der Waals surface area (Å²) in [6.45, 7) is -0.426. The first kappa shape index (κ1) is 35.3. The van der Waals surface area contributed by atoms with E-state index in [4.69, 9.17) is 37.4 Å². The van der Waals surface area contributed by atoms with Crippen molar-refractivity contribution in [3.63, 3.8) is 0 Å². The van der Waals surface area contributed by atoms with Crippen molar-refractivity contribution in [3.8, 4) is 23.3 Å². The summed E-state index contributed by atoms with van der Waals surface area (Å²) < 4.78 is 20.6. The minimum Gasteiger partial charge on any atom is -0.497 e. The summed E-state index contributed by atoms with van der Waals surface area (Å²) in [4.78, 5) is 70.0. The van der Waals surface area contributed by atoms with E-state index in [1.165, 1.54) is 43.5 Å². The van der Waals surface area contributed by atoms with Crippen LogP contribution in [0.4, 0.5) is 10.5 Å². The summed E-state index contributed by atoms with van der Waals surface area (Å²) >= 11 is 13.3. The maximum absolute atomic E-state index is 13.4.